The highest BCUT2D eigenvalue weighted by atomic mass is 32.2. The number of thioether (sulfide) groups is 1. The van der Waals surface area contributed by atoms with Crippen LogP contribution in [0, 0.1) is 0 Å². The highest BCUT2D eigenvalue weighted by Crippen LogP contribution is 2.42. The standard InChI is InChI=1S/C14H21NS/c1-4-16-13-9-10(2)11-7-5-6-8-12(11)14(13)15-3/h5-8,10,13-15H,4,9H2,1-3H3. The van der Waals surface area contributed by atoms with Gasteiger partial charge in [-0.15, -0.1) is 0 Å². The number of fused-ring (bicyclic) bond motifs is 1. The minimum absolute atomic E-state index is 0.525. The summed E-state index contributed by atoms with van der Waals surface area (Å²) < 4.78 is 0. The van der Waals surface area contributed by atoms with Crippen LogP contribution in [0.25, 0.3) is 0 Å². The van der Waals surface area contributed by atoms with E-state index >= 15 is 0 Å². The summed E-state index contributed by atoms with van der Waals surface area (Å²) in [6, 6.07) is 9.42. The van der Waals surface area contributed by atoms with Gasteiger partial charge in [-0.1, -0.05) is 38.1 Å². The van der Waals surface area contributed by atoms with Gasteiger partial charge in [-0.3, -0.25) is 0 Å². The van der Waals surface area contributed by atoms with Crippen molar-refractivity contribution >= 4 is 11.8 Å². The molecule has 0 aromatic heterocycles. The van der Waals surface area contributed by atoms with Crippen molar-refractivity contribution in [2.75, 3.05) is 12.8 Å². The monoisotopic (exact) mass is 235 g/mol. The second kappa shape index (κ2) is 5.24. The van der Waals surface area contributed by atoms with Gasteiger partial charge in [-0.25, -0.2) is 0 Å². The van der Waals surface area contributed by atoms with Gasteiger partial charge in [0.25, 0.3) is 0 Å². The Morgan fingerprint density at radius 1 is 1.31 bits per heavy atom. The normalized spacial score (nSPS) is 28.8. The van der Waals surface area contributed by atoms with E-state index in [-0.39, 0.29) is 0 Å². The Labute approximate surface area is 103 Å². The number of nitrogens with one attached hydrogen (secondary N) is 1. The third kappa shape index (κ3) is 2.14. The maximum absolute atomic E-state index is 3.49. The van der Waals surface area contributed by atoms with Gasteiger partial charge < -0.3 is 5.32 Å². The first-order chi connectivity index (χ1) is 7.77. The molecule has 16 heavy (non-hydrogen) atoms. The van der Waals surface area contributed by atoms with E-state index in [1.165, 1.54) is 23.3 Å². The fourth-order valence-electron chi connectivity index (χ4n) is 2.77. The number of hydrogen-bond acceptors (Lipinski definition) is 2. The summed E-state index contributed by atoms with van der Waals surface area (Å²) >= 11 is 2.09. The van der Waals surface area contributed by atoms with Crippen molar-refractivity contribution in [2.45, 2.75) is 37.5 Å². The van der Waals surface area contributed by atoms with E-state index in [1.54, 1.807) is 0 Å². The Balaban J connectivity index is 2.34. The highest BCUT2D eigenvalue weighted by molar-refractivity contribution is 7.99. The van der Waals surface area contributed by atoms with Gasteiger partial charge in [0.15, 0.2) is 0 Å². The summed E-state index contributed by atoms with van der Waals surface area (Å²) in [5, 5.41) is 4.22. The first-order valence-electron chi connectivity index (χ1n) is 6.15. The van der Waals surface area contributed by atoms with Gasteiger partial charge in [0.2, 0.25) is 0 Å². The van der Waals surface area contributed by atoms with Crippen LogP contribution in [0.15, 0.2) is 24.3 Å². The molecule has 0 radical (unpaired) electrons. The zero-order valence-corrected chi connectivity index (χ0v) is 11.2. The maximum atomic E-state index is 3.49. The fourth-order valence-corrected chi connectivity index (χ4v) is 4.10. The fraction of sp³-hybridized carbons (Fsp3) is 0.571. The molecule has 0 fully saturated rings. The van der Waals surface area contributed by atoms with E-state index in [9.17, 15) is 0 Å². The van der Waals surface area contributed by atoms with Crippen molar-refractivity contribution in [1.82, 2.24) is 5.32 Å². The predicted molar refractivity (Wildman–Crippen MR) is 73.2 cm³/mol. The van der Waals surface area contributed by atoms with Crippen LogP contribution in [0.2, 0.25) is 0 Å². The minimum Gasteiger partial charge on any atom is -0.312 e. The lowest BCUT2D eigenvalue weighted by atomic mass is 9.81. The van der Waals surface area contributed by atoms with Crippen LogP contribution < -0.4 is 5.32 Å². The van der Waals surface area contributed by atoms with E-state index in [0.29, 0.717) is 12.0 Å². The molecular formula is C14H21NS. The van der Waals surface area contributed by atoms with Gasteiger partial charge in [-0.2, -0.15) is 11.8 Å². The summed E-state index contributed by atoms with van der Waals surface area (Å²) in [4.78, 5) is 0. The van der Waals surface area contributed by atoms with Crippen molar-refractivity contribution < 1.29 is 0 Å². The van der Waals surface area contributed by atoms with Crippen molar-refractivity contribution in [3.63, 3.8) is 0 Å². The quantitative estimate of drug-likeness (QED) is 0.859. The van der Waals surface area contributed by atoms with E-state index in [2.05, 4.69) is 62.2 Å². The highest BCUT2D eigenvalue weighted by Gasteiger charge is 2.31. The maximum Gasteiger partial charge on any atom is 0.0441 e. The van der Waals surface area contributed by atoms with Crippen LogP contribution in [0.3, 0.4) is 0 Å². The summed E-state index contributed by atoms with van der Waals surface area (Å²) in [6.45, 7) is 4.61. The predicted octanol–water partition coefficient (Wildman–Crippen LogP) is 3.58. The Morgan fingerprint density at radius 2 is 2.00 bits per heavy atom. The Bertz CT molecular complexity index is 350. The molecule has 0 bridgehead atoms. The molecular weight excluding hydrogens is 214 g/mol. The van der Waals surface area contributed by atoms with E-state index in [1.807, 2.05) is 0 Å². The summed E-state index contributed by atoms with van der Waals surface area (Å²) in [5.74, 6) is 1.91. The molecule has 2 rings (SSSR count). The molecule has 0 spiro atoms. The van der Waals surface area contributed by atoms with E-state index in [0.717, 1.165) is 5.25 Å². The molecule has 88 valence electrons. The Hall–Kier alpha value is -0.470. The lowest BCUT2D eigenvalue weighted by molar-refractivity contribution is 0.473. The zero-order chi connectivity index (χ0) is 11.5. The number of benzene rings is 1. The van der Waals surface area contributed by atoms with Gasteiger partial charge in [-0.05, 0) is 36.3 Å². The molecule has 3 unspecified atom stereocenters. The third-order valence-electron chi connectivity index (χ3n) is 3.51. The second-order valence-corrected chi connectivity index (χ2v) is 6.04. The average molecular weight is 235 g/mol. The largest absolute Gasteiger partial charge is 0.312 e. The number of hydrogen-bond donors (Lipinski definition) is 1. The SMILES string of the molecule is CCSC1CC(C)c2ccccc2C1NC. The van der Waals surface area contributed by atoms with Crippen molar-refractivity contribution in [3.8, 4) is 0 Å². The van der Waals surface area contributed by atoms with Crippen LogP contribution >= 0.6 is 11.8 Å². The van der Waals surface area contributed by atoms with Crippen molar-refractivity contribution in [1.29, 1.82) is 0 Å². The molecule has 0 saturated carbocycles. The van der Waals surface area contributed by atoms with Crippen LogP contribution in [-0.4, -0.2) is 18.1 Å². The van der Waals surface area contributed by atoms with Gasteiger partial charge >= 0.3 is 0 Å². The summed E-state index contributed by atoms with van der Waals surface area (Å²) in [5.41, 5.74) is 3.05. The lowest BCUT2D eigenvalue weighted by Gasteiger charge is -2.36. The third-order valence-corrected chi connectivity index (χ3v) is 4.74. The second-order valence-electron chi connectivity index (χ2n) is 4.53. The molecule has 2 heteroatoms. The van der Waals surface area contributed by atoms with E-state index < -0.39 is 0 Å². The molecule has 0 saturated heterocycles. The first-order valence-corrected chi connectivity index (χ1v) is 7.20. The molecule has 1 N–H and O–H groups in total. The topological polar surface area (TPSA) is 12.0 Å². The lowest BCUT2D eigenvalue weighted by Crippen LogP contribution is -2.33. The average Bonchev–Trinajstić information content (AvgIpc) is 2.30. The molecule has 0 amide bonds. The Kier molecular flexibility index (Phi) is 3.93. The minimum atomic E-state index is 0.525. The molecule has 0 heterocycles. The molecule has 3 atom stereocenters. The van der Waals surface area contributed by atoms with Gasteiger partial charge in [0, 0.05) is 11.3 Å². The van der Waals surface area contributed by atoms with Crippen molar-refractivity contribution in [3.05, 3.63) is 35.4 Å². The van der Waals surface area contributed by atoms with Gasteiger partial charge in [0.05, 0.1) is 0 Å². The molecule has 1 nitrogen and oxygen atoms in total. The molecule has 1 aromatic carbocycles. The molecule has 1 aliphatic rings. The van der Waals surface area contributed by atoms with Crippen LogP contribution in [0.4, 0.5) is 0 Å². The smallest absolute Gasteiger partial charge is 0.0441 e. The molecule has 0 aliphatic heterocycles. The van der Waals surface area contributed by atoms with E-state index in [4.69, 9.17) is 0 Å². The zero-order valence-electron chi connectivity index (χ0n) is 10.4. The van der Waals surface area contributed by atoms with Crippen LogP contribution in [-0.2, 0) is 0 Å². The number of rotatable bonds is 3. The summed E-state index contributed by atoms with van der Waals surface area (Å²) in [6.07, 6.45) is 1.29. The van der Waals surface area contributed by atoms with Crippen LogP contribution in [0.5, 0.6) is 0 Å². The Morgan fingerprint density at radius 3 is 2.62 bits per heavy atom. The first kappa shape index (κ1) is 12.0. The van der Waals surface area contributed by atoms with Crippen LogP contribution in [0.1, 0.15) is 43.4 Å². The van der Waals surface area contributed by atoms with Gasteiger partial charge in [0.1, 0.15) is 0 Å². The van der Waals surface area contributed by atoms with Crippen molar-refractivity contribution in [2.24, 2.45) is 0 Å². The molecule has 1 aromatic rings. The summed E-state index contributed by atoms with van der Waals surface area (Å²) in [7, 11) is 2.08. The molecule has 1 aliphatic carbocycles.